The van der Waals surface area contributed by atoms with Crippen molar-refractivity contribution in [3.8, 4) is 0 Å². The van der Waals surface area contributed by atoms with Crippen LogP contribution >= 0.6 is 22.9 Å². The average Bonchev–Trinajstić information content (AvgIpc) is 3.12. The van der Waals surface area contributed by atoms with Gasteiger partial charge in [-0.05, 0) is 29.6 Å². The van der Waals surface area contributed by atoms with Crippen molar-refractivity contribution in [3.05, 3.63) is 51.8 Å². The fourth-order valence-electron chi connectivity index (χ4n) is 2.13. The molecule has 0 aliphatic carbocycles. The number of thiophene rings is 1. The van der Waals surface area contributed by atoms with E-state index in [0.29, 0.717) is 24.5 Å². The number of fused-ring (bicyclic) bond motifs is 1. The normalized spacial score (nSPS) is 10.9. The highest BCUT2D eigenvalue weighted by atomic mass is 35.5. The molecule has 1 N–H and O–H groups in total. The zero-order valence-electron chi connectivity index (χ0n) is 11.3. The van der Waals surface area contributed by atoms with Crippen LogP contribution in [0.3, 0.4) is 0 Å². The van der Waals surface area contributed by atoms with Gasteiger partial charge in [0.15, 0.2) is 0 Å². The molecule has 0 saturated carbocycles. The van der Waals surface area contributed by atoms with Crippen molar-refractivity contribution in [1.82, 2.24) is 15.1 Å². The topological polar surface area (TPSA) is 46.9 Å². The van der Waals surface area contributed by atoms with Gasteiger partial charge in [-0.15, -0.1) is 11.3 Å². The lowest BCUT2D eigenvalue weighted by molar-refractivity contribution is -0.121. The van der Waals surface area contributed by atoms with Gasteiger partial charge in [0.05, 0.1) is 24.8 Å². The molecule has 1 amide bonds. The van der Waals surface area contributed by atoms with Crippen LogP contribution in [0.5, 0.6) is 0 Å². The van der Waals surface area contributed by atoms with Crippen molar-refractivity contribution in [2.75, 3.05) is 0 Å². The molecule has 0 atom stereocenters. The first-order chi connectivity index (χ1) is 10.2. The number of aryl methyl sites for hydroxylation is 1. The summed E-state index contributed by atoms with van der Waals surface area (Å²) in [5, 5.41) is 10.9. The Morgan fingerprint density at radius 2 is 2.29 bits per heavy atom. The van der Waals surface area contributed by atoms with E-state index in [1.54, 1.807) is 17.5 Å². The molecule has 3 aromatic rings. The molecule has 21 heavy (non-hydrogen) atoms. The van der Waals surface area contributed by atoms with Crippen molar-refractivity contribution in [3.63, 3.8) is 0 Å². The van der Waals surface area contributed by atoms with Crippen LogP contribution in [-0.4, -0.2) is 15.7 Å². The molecule has 0 radical (unpaired) electrons. The minimum atomic E-state index is 0.0287. The van der Waals surface area contributed by atoms with E-state index < -0.39 is 0 Å². The Morgan fingerprint density at radius 3 is 3.10 bits per heavy atom. The molecule has 0 aliphatic rings. The van der Waals surface area contributed by atoms with Crippen molar-refractivity contribution in [1.29, 1.82) is 0 Å². The van der Waals surface area contributed by atoms with Crippen LogP contribution in [0.1, 0.15) is 11.3 Å². The highest BCUT2D eigenvalue weighted by Crippen LogP contribution is 2.19. The Labute approximate surface area is 131 Å². The Kier molecular flexibility index (Phi) is 4.22. The molecule has 0 unspecified atom stereocenters. The summed E-state index contributed by atoms with van der Waals surface area (Å²) in [4.78, 5) is 13.0. The number of carbonyl (C=O) groups excluding carboxylic acids is 1. The monoisotopic (exact) mass is 319 g/mol. The van der Waals surface area contributed by atoms with Crippen LogP contribution in [0.2, 0.25) is 5.02 Å². The summed E-state index contributed by atoms with van der Waals surface area (Å²) in [6, 6.07) is 9.62. The maximum Gasteiger partial charge on any atom is 0.222 e. The van der Waals surface area contributed by atoms with E-state index in [4.69, 9.17) is 11.6 Å². The minimum Gasteiger partial charge on any atom is -0.351 e. The zero-order chi connectivity index (χ0) is 14.7. The van der Waals surface area contributed by atoms with Crippen LogP contribution < -0.4 is 5.32 Å². The van der Waals surface area contributed by atoms with E-state index in [2.05, 4.69) is 10.4 Å². The van der Waals surface area contributed by atoms with Gasteiger partial charge in [0, 0.05) is 21.7 Å². The van der Waals surface area contributed by atoms with Gasteiger partial charge in [-0.3, -0.25) is 9.48 Å². The summed E-state index contributed by atoms with van der Waals surface area (Å²) in [6.07, 6.45) is 2.18. The van der Waals surface area contributed by atoms with E-state index in [0.717, 1.165) is 15.8 Å². The molecule has 2 aromatic heterocycles. The third kappa shape index (κ3) is 3.43. The number of rotatable bonds is 5. The summed E-state index contributed by atoms with van der Waals surface area (Å²) in [5.74, 6) is 0.0287. The Balaban J connectivity index is 1.57. The quantitative estimate of drug-likeness (QED) is 0.783. The minimum absolute atomic E-state index is 0.0287. The van der Waals surface area contributed by atoms with Gasteiger partial charge in [-0.1, -0.05) is 17.7 Å². The Hall–Kier alpha value is -1.85. The smallest absolute Gasteiger partial charge is 0.222 e. The standard InChI is InChI=1S/C15H14ClN3OS/c16-12-3-4-14-11(8-12)9-18-19(14)6-5-15(20)17-10-13-2-1-7-21-13/h1-4,7-9H,5-6,10H2,(H,17,20). The number of halogens is 1. The number of amides is 1. The summed E-state index contributed by atoms with van der Waals surface area (Å²) < 4.78 is 1.83. The molecule has 0 saturated heterocycles. The number of nitrogens with zero attached hydrogens (tertiary/aromatic N) is 2. The van der Waals surface area contributed by atoms with Crippen LogP contribution in [-0.2, 0) is 17.9 Å². The number of aromatic nitrogens is 2. The van der Waals surface area contributed by atoms with Gasteiger partial charge >= 0.3 is 0 Å². The predicted octanol–water partition coefficient (Wildman–Crippen LogP) is 3.46. The van der Waals surface area contributed by atoms with E-state index in [1.165, 1.54) is 0 Å². The lowest BCUT2D eigenvalue weighted by atomic mass is 10.2. The largest absolute Gasteiger partial charge is 0.351 e. The third-order valence-electron chi connectivity index (χ3n) is 3.19. The number of hydrogen-bond acceptors (Lipinski definition) is 3. The second-order valence-electron chi connectivity index (χ2n) is 4.68. The van der Waals surface area contributed by atoms with Gasteiger partial charge in [0.25, 0.3) is 0 Å². The summed E-state index contributed by atoms with van der Waals surface area (Å²) in [7, 11) is 0. The third-order valence-corrected chi connectivity index (χ3v) is 4.31. The Morgan fingerprint density at radius 1 is 1.38 bits per heavy atom. The second kappa shape index (κ2) is 6.28. The molecule has 6 heteroatoms. The zero-order valence-corrected chi connectivity index (χ0v) is 12.8. The summed E-state index contributed by atoms with van der Waals surface area (Å²) in [6.45, 7) is 1.15. The van der Waals surface area contributed by atoms with Gasteiger partial charge in [-0.25, -0.2) is 0 Å². The van der Waals surface area contributed by atoms with Gasteiger partial charge < -0.3 is 5.32 Å². The number of carbonyl (C=O) groups is 1. The molecule has 108 valence electrons. The van der Waals surface area contributed by atoms with E-state index in [-0.39, 0.29) is 5.91 Å². The molecule has 0 bridgehead atoms. The van der Waals surface area contributed by atoms with Crippen LogP contribution in [0.4, 0.5) is 0 Å². The van der Waals surface area contributed by atoms with E-state index in [1.807, 2.05) is 40.4 Å². The van der Waals surface area contributed by atoms with Crippen molar-refractivity contribution >= 4 is 39.7 Å². The lowest BCUT2D eigenvalue weighted by Crippen LogP contribution is -2.23. The molecular formula is C15H14ClN3OS. The van der Waals surface area contributed by atoms with Crippen LogP contribution in [0.15, 0.2) is 41.9 Å². The first kappa shape index (κ1) is 14.1. The molecular weight excluding hydrogens is 306 g/mol. The highest BCUT2D eigenvalue weighted by Gasteiger charge is 2.06. The van der Waals surface area contributed by atoms with Crippen LogP contribution in [0.25, 0.3) is 10.9 Å². The van der Waals surface area contributed by atoms with Gasteiger partial charge in [-0.2, -0.15) is 5.10 Å². The summed E-state index contributed by atoms with van der Waals surface area (Å²) in [5.41, 5.74) is 0.991. The Bertz CT molecular complexity index is 751. The summed E-state index contributed by atoms with van der Waals surface area (Å²) >= 11 is 7.58. The molecule has 1 aromatic carbocycles. The fourth-order valence-corrected chi connectivity index (χ4v) is 2.96. The average molecular weight is 320 g/mol. The SMILES string of the molecule is O=C(CCn1ncc2cc(Cl)ccc21)NCc1cccs1. The predicted molar refractivity (Wildman–Crippen MR) is 85.5 cm³/mol. The molecule has 0 fully saturated rings. The second-order valence-corrected chi connectivity index (χ2v) is 6.15. The number of benzene rings is 1. The van der Waals surface area contributed by atoms with Crippen molar-refractivity contribution < 1.29 is 4.79 Å². The molecule has 3 rings (SSSR count). The molecule has 2 heterocycles. The van der Waals surface area contributed by atoms with E-state index in [9.17, 15) is 4.79 Å². The molecule has 0 aliphatic heterocycles. The molecule has 0 spiro atoms. The maximum absolute atomic E-state index is 11.9. The van der Waals surface area contributed by atoms with E-state index >= 15 is 0 Å². The maximum atomic E-state index is 11.9. The van der Waals surface area contributed by atoms with Gasteiger partial charge in [0.1, 0.15) is 0 Å². The van der Waals surface area contributed by atoms with Crippen molar-refractivity contribution in [2.45, 2.75) is 19.5 Å². The fraction of sp³-hybridized carbons (Fsp3) is 0.200. The number of hydrogen-bond donors (Lipinski definition) is 1. The lowest BCUT2D eigenvalue weighted by Gasteiger charge is -2.05. The van der Waals surface area contributed by atoms with Crippen molar-refractivity contribution in [2.24, 2.45) is 0 Å². The van der Waals surface area contributed by atoms with Crippen LogP contribution in [0, 0.1) is 0 Å². The van der Waals surface area contributed by atoms with Gasteiger partial charge in [0.2, 0.25) is 5.91 Å². The first-order valence-electron chi connectivity index (χ1n) is 6.62. The highest BCUT2D eigenvalue weighted by molar-refractivity contribution is 7.09. The molecule has 4 nitrogen and oxygen atoms in total. The number of nitrogens with one attached hydrogen (secondary N) is 1. The first-order valence-corrected chi connectivity index (χ1v) is 7.88.